The molecule has 18 heavy (non-hydrogen) atoms. The van der Waals surface area contributed by atoms with E-state index in [2.05, 4.69) is 38.6 Å². The largest absolute Gasteiger partial charge is 0.353 e. The fraction of sp³-hybridized carbons (Fsp3) is 0.538. The molecule has 2 aromatic heterocycles. The molecule has 4 rings (SSSR count). The van der Waals surface area contributed by atoms with Crippen LogP contribution in [0, 0.1) is 11.8 Å². The van der Waals surface area contributed by atoms with E-state index in [-0.39, 0.29) is 0 Å². The van der Waals surface area contributed by atoms with Crippen LogP contribution in [0.25, 0.3) is 10.2 Å². The average molecular weight is 260 g/mol. The minimum atomic E-state index is 0.572. The van der Waals surface area contributed by atoms with E-state index in [4.69, 9.17) is 0 Å². The van der Waals surface area contributed by atoms with Crippen molar-refractivity contribution in [1.82, 2.24) is 15.3 Å². The molecule has 5 heteroatoms. The summed E-state index contributed by atoms with van der Waals surface area (Å²) in [6.45, 7) is 5.77. The van der Waals surface area contributed by atoms with E-state index in [1.165, 1.54) is 5.39 Å². The fourth-order valence-corrected chi connectivity index (χ4v) is 4.18. The molecule has 2 aliphatic rings. The van der Waals surface area contributed by atoms with Crippen molar-refractivity contribution in [3.63, 3.8) is 0 Å². The van der Waals surface area contributed by atoms with Crippen LogP contribution in [0.4, 0.5) is 5.82 Å². The molecule has 2 aliphatic heterocycles. The highest BCUT2D eigenvalue weighted by Crippen LogP contribution is 2.37. The van der Waals surface area contributed by atoms with Crippen molar-refractivity contribution in [2.45, 2.75) is 13.0 Å². The Hall–Kier alpha value is -1.20. The molecule has 0 amide bonds. The van der Waals surface area contributed by atoms with Crippen LogP contribution in [0.5, 0.6) is 0 Å². The topological polar surface area (TPSA) is 41.0 Å². The average Bonchev–Trinajstić information content (AvgIpc) is 3.06. The lowest BCUT2D eigenvalue weighted by Gasteiger charge is -2.25. The Labute approximate surface area is 110 Å². The van der Waals surface area contributed by atoms with Crippen LogP contribution in [0.2, 0.25) is 0 Å². The number of hydrogen-bond donors (Lipinski definition) is 1. The molecule has 0 aromatic carbocycles. The fourth-order valence-electron chi connectivity index (χ4n) is 3.45. The number of nitrogens with one attached hydrogen (secondary N) is 1. The Morgan fingerprint density at radius 3 is 3.22 bits per heavy atom. The molecule has 94 valence electrons. The van der Waals surface area contributed by atoms with E-state index < -0.39 is 0 Å². The minimum Gasteiger partial charge on any atom is -0.353 e. The lowest BCUT2D eigenvalue weighted by molar-refractivity contribution is 0.471. The Morgan fingerprint density at radius 1 is 1.39 bits per heavy atom. The van der Waals surface area contributed by atoms with Gasteiger partial charge in [0.15, 0.2) is 0 Å². The standard InChI is InChI=1S/C13H16N4S/c1-8-11-5-14-4-9(11)6-17(8)12-10-2-3-18-13(10)16-7-15-12/h2-3,7-9,11,14H,4-6H2,1H3. The molecular formula is C13H16N4S. The molecule has 1 N–H and O–H groups in total. The maximum absolute atomic E-state index is 4.54. The summed E-state index contributed by atoms with van der Waals surface area (Å²) in [5.74, 6) is 2.68. The van der Waals surface area contributed by atoms with Gasteiger partial charge in [0, 0.05) is 25.7 Å². The third-order valence-electron chi connectivity index (χ3n) is 4.45. The summed E-state index contributed by atoms with van der Waals surface area (Å²) in [7, 11) is 0. The quantitative estimate of drug-likeness (QED) is 0.848. The van der Waals surface area contributed by atoms with Gasteiger partial charge < -0.3 is 10.2 Å². The maximum atomic E-state index is 4.54. The van der Waals surface area contributed by atoms with Gasteiger partial charge in [-0.15, -0.1) is 11.3 Å². The summed E-state index contributed by atoms with van der Waals surface area (Å²) in [6.07, 6.45) is 1.70. The van der Waals surface area contributed by atoms with Crippen molar-refractivity contribution in [3.8, 4) is 0 Å². The predicted octanol–water partition coefficient (Wildman–Crippen LogP) is 1.74. The first-order valence-electron chi connectivity index (χ1n) is 6.50. The Morgan fingerprint density at radius 2 is 2.33 bits per heavy atom. The van der Waals surface area contributed by atoms with Crippen LogP contribution < -0.4 is 10.2 Å². The van der Waals surface area contributed by atoms with E-state index >= 15 is 0 Å². The Kier molecular flexibility index (Phi) is 2.32. The van der Waals surface area contributed by atoms with Crippen molar-refractivity contribution in [3.05, 3.63) is 17.8 Å². The number of thiophene rings is 1. The van der Waals surface area contributed by atoms with Crippen LogP contribution in [0.3, 0.4) is 0 Å². The first-order valence-corrected chi connectivity index (χ1v) is 7.38. The van der Waals surface area contributed by atoms with Gasteiger partial charge in [-0.3, -0.25) is 0 Å². The lowest BCUT2D eigenvalue weighted by atomic mass is 9.95. The summed E-state index contributed by atoms with van der Waals surface area (Å²) in [4.78, 5) is 12.5. The summed E-state index contributed by atoms with van der Waals surface area (Å²) in [5.41, 5.74) is 0. The molecule has 0 aliphatic carbocycles. The highest BCUT2D eigenvalue weighted by molar-refractivity contribution is 7.16. The predicted molar refractivity (Wildman–Crippen MR) is 74.1 cm³/mol. The summed E-state index contributed by atoms with van der Waals surface area (Å²) >= 11 is 1.69. The van der Waals surface area contributed by atoms with Crippen LogP contribution in [-0.2, 0) is 0 Å². The van der Waals surface area contributed by atoms with Gasteiger partial charge in [-0.25, -0.2) is 9.97 Å². The lowest BCUT2D eigenvalue weighted by Crippen LogP contribution is -2.33. The SMILES string of the molecule is CC1C2CNCC2CN1c1ncnc2sccc12. The number of anilines is 1. The molecule has 0 radical (unpaired) electrons. The smallest absolute Gasteiger partial charge is 0.141 e. The monoisotopic (exact) mass is 260 g/mol. The second-order valence-corrected chi connectivity index (χ2v) is 6.21. The van der Waals surface area contributed by atoms with Crippen molar-refractivity contribution in [2.75, 3.05) is 24.5 Å². The van der Waals surface area contributed by atoms with Crippen LogP contribution in [0.15, 0.2) is 17.8 Å². The molecule has 4 heterocycles. The van der Waals surface area contributed by atoms with Gasteiger partial charge in [-0.1, -0.05) is 0 Å². The molecule has 2 saturated heterocycles. The zero-order valence-corrected chi connectivity index (χ0v) is 11.2. The zero-order chi connectivity index (χ0) is 12.1. The molecule has 4 nitrogen and oxygen atoms in total. The van der Waals surface area contributed by atoms with Crippen LogP contribution in [-0.4, -0.2) is 35.6 Å². The zero-order valence-electron chi connectivity index (χ0n) is 10.3. The molecule has 2 fully saturated rings. The van der Waals surface area contributed by atoms with Gasteiger partial charge in [0.25, 0.3) is 0 Å². The Bertz CT molecular complexity index is 581. The van der Waals surface area contributed by atoms with Crippen molar-refractivity contribution < 1.29 is 0 Å². The minimum absolute atomic E-state index is 0.572. The second kappa shape index (κ2) is 3.90. The van der Waals surface area contributed by atoms with Gasteiger partial charge >= 0.3 is 0 Å². The highest BCUT2D eigenvalue weighted by atomic mass is 32.1. The second-order valence-electron chi connectivity index (χ2n) is 5.31. The third kappa shape index (κ3) is 1.40. The van der Waals surface area contributed by atoms with Gasteiger partial charge in [-0.2, -0.15) is 0 Å². The Balaban J connectivity index is 1.77. The van der Waals surface area contributed by atoms with Gasteiger partial charge in [0.1, 0.15) is 17.0 Å². The van der Waals surface area contributed by atoms with Crippen molar-refractivity contribution in [1.29, 1.82) is 0 Å². The molecule has 0 saturated carbocycles. The van der Waals surface area contributed by atoms with Gasteiger partial charge in [0.2, 0.25) is 0 Å². The van der Waals surface area contributed by atoms with Gasteiger partial charge in [0.05, 0.1) is 5.39 Å². The first kappa shape index (κ1) is 10.7. The van der Waals surface area contributed by atoms with Gasteiger partial charge in [-0.05, 0) is 30.2 Å². The molecule has 3 unspecified atom stereocenters. The number of rotatable bonds is 1. The number of aromatic nitrogens is 2. The summed E-state index contributed by atoms with van der Waals surface area (Å²) in [5, 5.41) is 6.82. The third-order valence-corrected chi connectivity index (χ3v) is 5.27. The normalized spacial score (nSPS) is 31.2. The number of hydrogen-bond acceptors (Lipinski definition) is 5. The molecule has 2 aromatic rings. The van der Waals surface area contributed by atoms with E-state index in [9.17, 15) is 0 Å². The van der Waals surface area contributed by atoms with E-state index in [1.807, 2.05) is 0 Å². The number of fused-ring (bicyclic) bond motifs is 2. The molecular weight excluding hydrogens is 244 g/mol. The van der Waals surface area contributed by atoms with Crippen LogP contribution in [0.1, 0.15) is 6.92 Å². The van der Waals surface area contributed by atoms with E-state index in [0.717, 1.165) is 42.1 Å². The van der Waals surface area contributed by atoms with E-state index in [0.29, 0.717) is 6.04 Å². The molecule has 0 spiro atoms. The number of nitrogens with zero attached hydrogens (tertiary/aromatic N) is 3. The highest BCUT2D eigenvalue weighted by Gasteiger charge is 2.42. The summed E-state index contributed by atoms with van der Waals surface area (Å²) < 4.78 is 0. The first-order chi connectivity index (χ1) is 8.84. The van der Waals surface area contributed by atoms with Crippen LogP contribution >= 0.6 is 11.3 Å². The van der Waals surface area contributed by atoms with E-state index in [1.54, 1.807) is 17.7 Å². The van der Waals surface area contributed by atoms with Crippen molar-refractivity contribution >= 4 is 27.4 Å². The molecule has 3 atom stereocenters. The van der Waals surface area contributed by atoms with Crippen molar-refractivity contribution in [2.24, 2.45) is 11.8 Å². The summed E-state index contributed by atoms with van der Waals surface area (Å²) in [6, 6.07) is 2.72. The molecule has 0 bridgehead atoms. The maximum Gasteiger partial charge on any atom is 0.141 e.